The van der Waals surface area contributed by atoms with Crippen molar-refractivity contribution in [3.8, 4) is 6.07 Å². The van der Waals surface area contributed by atoms with Crippen molar-refractivity contribution in [3.05, 3.63) is 0 Å². The van der Waals surface area contributed by atoms with Gasteiger partial charge in [0.25, 0.3) is 10.2 Å². The summed E-state index contributed by atoms with van der Waals surface area (Å²) in [7, 11) is -3.41. The zero-order valence-corrected chi connectivity index (χ0v) is 10.2. The van der Waals surface area contributed by atoms with Crippen LogP contribution in [-0.4, -0.2) is 56.4 Å². The zero-order chi connectivity index (χ0) is 12.0. The highest BCUT2D eigenvalue weighted by atomic mass is 32.2. The lowest BCUT2D eigenvalue weighted by Crippen LogP contribution is -2.48. The largest absolute Gasteiger partial charge is 0.379 e. The summed E-state index contributed by atoms with van der Waals surface area (Å²) in [6, 6.07) is 1.96. The van der Waals surface area contributed by atoms with Crippen molar-refractivity contribution in [3.63, 3.8) is 0 Å². The number of nitriles is 1. The summed E-state index contributed by atoms with van der Waals surface area (Å²) < 4.78 is 32.1. The zero-order valence-electron chi connectivity index (χ0n) is 9.42. The topological polar surface area (TPSA) is 73.6 Å². The van der Waals surface area contributed by atoms with Crippen LogP contribution in [0, 0.1) is 11.3 Å². The van der Waals surface area contributed by atoms with Crippen LogP contribution in [0.2, 0.25) is 0 Å². The maximum atomic E-state index is 12.1. The molecule has 6 nitrogen and oxygen atoms in total. The minimum absolute atomic E-state index is 0.220. The normalized spacial score (nSPS) is 18.6. The molecule has 1 rings (SSSR count). The van der Waals surface area contributed by atoms with Crippen LogP contribution in [0.15, 0.2) is 0 Å². The second-order valence-corrected chi connectivity index (χ2v) is 5.35. The number of nitrogens with zero attached hydrogens (tertiary/aromatic N) is 3. The molecule has 0 aromatic rings. The molecule has 1 fully saturated rings. The molecule has 1 aliphatic rings. The van der Waals surface area contributed by atoms with Crippen LogP contribution in [-0.2, 0) is 14.9 Å². The van der Waals surface area contributed by atoms with E-state index in [-0.39, 0.29) is 13.0 Å². The van der Waals surface area contributed by atoms with Gasteiger partial charge in [0.2, 0.25) is 0 Å². The van der Waals surface area contributed by atoms with Crippen molar-refractivity contribution in [2.45, 2.75) is 13.3 Å². The molecule has 16 heavy (non-hydrogen) atoms. The first-order valence-electron chi connectivity index (χ1n) is 5.33. The average molecular weight is 247 g/mol. The lowest BCUT2D eigenvalue weighted by Gasteiger charge is -2.31. The van der Waals surface area contributed by atoms with E-state index in [4.69, 9.17) is 10.00 Å². The summed E-state index contributed by atoms with van der Waals surface area (Å²) in [4.78, 5) is 0. The summed E-state index contributed by atoms with van der Waals surface area (Å²) in [5.74, 6) is 0. The molecule has 0 unspecified atom stereocenters. The van der Waals surface area contributed by atoms with E-state index < -0.39 is 10.2 Å². The van der Waals surface area contributed by atoms with Crippen molar-refractivity contribution in [2.24, 2.45) is 0 Å². The van der Waals surface area contributed by atoms with Crippen molar-refractivity contribution in [1.82, 2.24) is 8.61 Å². The number of rotatable bonds is 5. The molecule has 0 radical (unpaired) electrons. The van der Waals surface area contributed by atoms with Crippen molar-refractivity contribution < 1.29 is 13.2 Å². The van der Waals surface area contributed by atoms with E-state index in [1.54, 1.807) is 6.92 Å². The van der Waals surface area contributed by atoms with E-state index in [1.165, 1.54) is 8.61 Å². The van der Waals surface area contributed by atoms with E-state index in [9.17, 15) is 8.42 Å². The molecule has 1 saturated heterocycles. The van der Waals surface area contributed by atoms with Gasteiger partial charge in [-0.2, -0.15) is 22.3 Å². The molecule has 0 atom stereocenters. The van der Waals surface area contributed by atoms with Gasteiger partial charge in [0.15, 0.2) is 0 Å². The number of hydrogen-bond acceptors (Lipinski definition) is 4. The Morgan fingerprint density at radius 3 is 2.56 bits per heavy atom. The molecule has 1 aliphatic heterocycles. The molecule has 0 bridgehead atoms. The van der Waals surface area contributed by atoms with Crippen LogP contribution >= 0.6 is 0 Å². The van der Waals surface area contributed by atoms with E-state index in [1.807, 2.05) is 6.07 Å². The molecule has 0 saturated carbocycles. The number of hydrogen-bond donors (Lipinski definition) is 0. The smallest absolute Gasteiger partial charge is 0.282 e. The highest BCUT2D eigenvalue weighted by Gasteiger charge is 2.29. The second kappa shape index (κ2) is 6.15. The summed E-state index contributed by atoms with van der Waals surface area (Å²) >= 11 is 0. The van der Waals surface area contributed by atoms with Crippen LogP contribution in [0.3, 0.4) is 0 Å². The van der Waals surface area contributed by atoms with Gasteiger partial charge in [-0.15, -0.1) is 0 Å². The van der Waals surface area contributed by atoms with Crippen LogP contribution in [0.5, 0.6) is 0 Å². The molecule has 0 spiro atoms. The van der Waals surface area contributed by atoms with Crippen LogP contribution in [0.25, 0.3) is 0 Å². The Morgan fingerprint density at radius 2 is 2.06 bits per heavy atom. The first kappa shape index (κ1) is 13.4. The Hall–Kier alpha value is -0.680. The molecule has 0 aromatic heterocycles. The van der Waals surface area contributed by atoms with Gasteiger partial charge < -0.3 is 4.74 Å². The molecule has 1 heterocycles. The van der Waals surface area contributed by atoms with Gasteiger partial charge >= 0.3 is 0 Å². The first-order valence-corrected chi connectivity index (χ1v) is 6.72. The van der Waals surface area contributed by atoms with Gasteiger partial charge in [-0.05, 0) is 0 Å². The molecular formula is C9H17N3O3S. The third kappa shape index (κ3) is 3.15. The number of morpholine rings is 1. The minimum Gasteiger partial charge on any atom is -0.379 e. The third-order valence-corrected chi connectivity index (χ3v) is 4.56. The minimum atomic E-state index is -3.41. The van der Waals surface area contributed by atoms with Crippen LogP contribution in [0.1, 0.15) is 13.3 Å². The fraction of sp³-hybridized carbons (Fsp3) is 0.889. The Bertz CT molecular complexity index is 344. The molecule has 0 aromatic carbocycles. The maximum absolute atomic E-state index is 12.1. The van der Waals surface area contributed by atoms with Gasteiger partial charge in [0.1, 0.15) is 0 Å². The fourth-order valence-electron chi connectivity index (χ4n) is 1.55. The summed E-state index contributed by atoms with van der Waals surface area (Å²) in [5.41, 5.74) is 0. The van der Waals surface area contributed by atoms with Crippen molar-refractivity contribution >= 4 is 10.2 Å². The highest BCUT2D eigenvalue weighted by molar-refractivity contribution is 7.86. The monoisotopic (exact) mass is 247 g/mol. The van der Waals surface area contributed by atoms with Gasteiger partial charge in [-0.25, -0.2) is 0 Å². The van der Waals surface area contributed by atoms with Gasteiger partial charge in [0.05, 0.1) is 19.3 Å². The van der Waals surface area contributed by atoms with Crippen LogP contribution < -0.4 is 0 Å². The van der Waals surface area contributed by atoms with E-state index in [2.05, 4.69) is 0 Å². The molecule has 0 amide bonds. The van der Waals surface area contributed by atoms with Gasteiger partial charge in [-0.1, -0.05) is 6.92 Å². The second-order valence-electron chi connectivity index (χ2n) is 3.42. The summed E-state index contributed by atoms with van der Waals surface area (Å²) in [6.07, 6.45) is 0.220. The van der Waals surface area contributed by atoms with Gasteiger partial charge in [0, 0.05) is 32.6 Å². The van der Waals surface area contributed by atoms with E-state index in [0.29, 0.717) is 32.8 Å². The van der Waals surface area contributed by atoms with Crippen molar-refractivity contribution in [1.29, 1.82) is 5.26 Å². The number of ether oxygens (including phenoxy) is 1. The predicted molar refractivity (Wildman–Crippen MR) is 58.8 cm³/mol. The maximum Gasteiger partial charge on any atom is 0.282 e. The molecular weight excluding hydrogens is 230 g/mol. The third-order valence-electron chi connectivity index (χ3n) is 2.45. The predicted octanol–water partition coefficient (Wildman–Crippen LogP) is -0.201. The van der Waals surface area contributed by atoms with E-state index >= 15 is 0 Å². The Balaban J connectivity index is 2.69. The lowest BCUT2D eigenvalue weighted by molar-refractivity contribution is 0.0703. The Kier molecular flexibility index (Phi) is 5.15. The average Bonchev–Trinajstić information content (AvgIpc) is 2.31. The SMILES string of the molecule is CCN(CCC#N)S(=O)(=O)N1CCOCC1. The van der Waals surface area contributed by atoms with Crippen molar-refractivity contribution in [2.75, 3.05) is 39.4 Å². The molecule has 92 valence electrons. The quantitative estimate of drug-likeness (QED) is 0.674. The van der Waals surface area contributed by atoms with E-state index in [0.717, 1.165) is 0 Å². The Morgan fingerprint density at radius 1 is 1.44 bits per heavy atom. The first-order chi connectivity index (χ1) is 7.62. The summed E-state index contributed by atoms with van der Waals surface area (Å²) in [5, 5.41) is 8.48. The molecule has 0 N–H and O–H groups in total. The molecule has 7 heteroatoms. The van der Waals surface area contributed by atoms with Crippen LogP contribution in [0.4, 0.5) is 0 Å². The molecule has 0 aliphatic carbocycles. The summed E-state index contributed by atoms with van der Waals surface area (Å²) in [6.45, 7) is 4.09. The Labute approximate surface area is 96.6 Å². The lowest BCUT2D eigenvalue weighted by atomic mass is 10.5. The highest BCUT2D eigenvalue weighted by Crippen LogP contribution is 2.11. The fourth-order valence-corrected chi connectivity index (χ4v) is 3.14. The van der Waals surface area contributed by atoms with Gasteiger partial charge in [-0.3, -0.25) is 0 Å². The standard InChI is InChI=1S/C9H17N3O3S/c1-2-11(5-3-4-10)16(13,14)12-6-8-15-9-7-12/h2-3,5-9H2,1H3.